The number of amides is 1. The van der Waals surface area contributed by atoms with Gasteiger partial charge < -0.3 is 11.1 Å². The number of benzene rings is 1. The van der Waals surface area contributed by atoms with Gasteiger partial charge in [0.15, 0.2) is 0 Å². The minimum absolute atomic E-state index is 0.152. The number of hydrogen-bond donors (Lipinski definition) is 2. The molecule has 0 aliphatic heterocycles. The van der Waals surface area contributed by atoms with Gasteiger partial charge in [-0.3, -0.25) is 4.79 Å². The standard InChI is InChI=1S/C14H19ClN2O/c1-9(6-14(16)18)17-11-7-10(8-11)12-4-2-3-5-13(12)15/h2-5,9-11,17H,6-8H2,1H3,(H2,16,18). The van der Waals surface area contributed by atoms with Gasteiger partial charge in [-0.2, -0.15) is 0 Å². The van der Waals surface area contributed by atoms with Gasteiger partial charge in [0.2, 0.25) is 5.91 Å². The average molecular weight is 267 g/mol. The molecule has 4 heteroatoms. The van der Waals surface area contributed by atoms with Gasteiger partial charge in [-0.25, -0.2) is 0 Å². The van der Waals surface area contributed by atoms with Crippen molar-refractivity contribution in [2.75, 3.05) is 0 Å². The van der Waals surface area contributed by atoms with Gasteiger partial charge >= 0.3 is 0 Å². The summed E-state index contributed by atoms with van der Waals surface area (Å²) in [5, 5.41) is 4.28. The Balaban J connectivity index is 1.81. The molecule has 0 radical (unpaired) electrons. The van der Waals surface area contributed by atoms with Gasteiger partial charge in [0, 0.05) is 23.5 Å². The van der Waals surface area contributed by atoms with Crippen LogP contribution in [0.3, 0.4) is 0 Å². The Morgan fingerprint density at radius 2 is 2.17 bits per heavy atom. The van der Waals surface area contributed by atoms with E-state index in [0.29, 0.717) is 18.4 Å². The fourth-order valence-electron chi connectivity index (χ4n) is 2.58. The van der Waals surface area contributed by atoms with Gasteiger partial charge in [0.25, 0.3) is 0 Å². The Bertz CT molecular complexity index is 430. The number of carbonyl (C=O) groups is 1. The SMILES string of the molecule is CC(CC(N)=O)NC1CC(c2ccccc2Cl)C1. The van der Waals surface area contributed by atoms with Crippen LogP contribution in [0.5, 0.6) is 0 Å². The van der Waals surface area contributed by atoms with Crippen molar-refractivity contribution >= 4 is 17.5 Å². The first kappa shape index (κ1) is 13.4. The van der Waals surface area contributed by atoms with Crippen LogP contribution in [-0.2, 0) is 4.79 Å². The highest BCUT2D eigenvalue weighted by Crippen LogP contribution is 2.40. The second-order valence-electron chi connectivity index (χ2n) is 5.12. The number of carbonyl (C=O) groups excluding carboxylic acids is 1. The lowest BCUT2D eigenvalue weighted by Gasteiger charge is -2.38. The first-order valence-corrected chi connectivity index (χ1v) is 6.73. The van der Waals surface area contributed by atoms with Gasteiger partial charge in [-0.1, -0.05) is 29.8 Å². The molecule has 1 unspecified atom stereocenters. The molecule has 1 aromatic carbocycles. The highest BCUT2D eigenvalue weighted by molar-refractivity contribution is 6.31. The van der Waals surface area contributed by atoms with E-state index in [1.807, 2.05) is 25.1 Å². The maximum absolute atomic E-state index is 10.8. The Hall–Kier alpha value is -1.06. The average Bonchev–Trinajstić information content (AvgIpc) is 2.23. The first-order chi connectivity index (χ1) is 8.56. The second-order valence-corrected chi connectivity index (χ2v) is 5.53. The monoisotopic (exact) mass is 266 g/mol. The molecule has 0 saturated heterocycles. The highest BCUT2D eigenvalue weighted by Gasteiger charge is 2.32. The maximum atomic E-state index is 10.8. The molecule has 1 atom stereocenters. The smallest absolute Gasteiger partial charge is 0.218 e. The molecule has 0 aromatic heterocycles. The molecule has 1 aliphatic rings. The zero-order valence-electron chi connectivity index (χ0n) is 10.5. The molecular weight excluding hydrogens is 248 g/mol. The summed E-state index contributed by atoms with van der Waals surface area (Å²) in [5.74, 6) is 0.286. The van der Waals surface area contributed by atoms with E-state index in [0.717, 1.165) is 17.9 Å². The largest absolute Gasteiger partial charge is 0.370 e. The topological polar surface area (TPSA) is 55.1 Å². The number of halogens is 1. The molecule has 1 amide bonds. The zero-order valence-corrected chi connectivity index (χ0v) is 11.3. The summed E-state index contributed by atoms with van der Waals surface area (Å²) in [7, 11) is 0. The molecule has 0 heterocycles. The number of nitrogens with two attached hydrogens (primary N) is 1. The summed E-state index contributed by atoms with van der Waals surface area (Å²) < 4.78 is 0. The lowest BCUT2D eigenvalue weighted by atomic mass is 9.75. The molecule has 1 aliphatic carbocycles. The fraction of sp³-hybridized carbons (Fsp3) is 0.500. The minimum Gasteiger partial charge on any atom is -0.370 e. The molecule has 3 N–H and O–H groups in total. The van der Waals surface area contributed by atoms with Crippen LogP contribution < -0.4 is 11.1 Å². The summed E-state index contributed by atoms with van der Waals surface area (Å²) in [6.45, 7) is 1.99. The van der Waals surface area contributed by atoms with E-state index in [1.54, 1.807) is 0 Å². The van der Waals surface area contributed by atoms with Crippen molar-refractivity contribution in [1.29, 1.82) is 0 Å². The summed E-state index contributed by atoms with van der Waals surface area (Å²) in [5.41, 5.74) is 6.41. The van der Waals surface area contributed by atoms with E-state index in [4.69, 9.17) is 17.3 Å². The van der Waals surface area contributed by atoms with Crippen LogP contribution in [0.1, 0.15) is 37.7 Å². The summed E-state index contributed by atoms with van der Waals surface area (Å²) >= 11 is 6.17. The molecular formula is C14H19ClN2O. The van der Waals surface area contributed by atoms with Crippen LogP contribution >= 0.6 is 11.6 Å². The van der Waals surface area contributed by atoms with Crippen LogP contribution in [0, 0.1) is 0 Å². The third-order valence-electron chi connectivity index (χ3n) is 3.51. The first-order valence-electron chi connectivity index (χ1n) is 6.35. The zero-order chi connectivity index (χ0) is 13.1. The summed E-state index contributed by atoms with van der Waals surface area (Å²) in [4.78, 5) is 10.8. The minimum atomic E-state index is -0.253. The van der Waals surface area contributed by atoms with Crippen LogP contribution in [0.15, 0.2) is 24.3 Å². The molecule has 0 bridgehead atoms. The van der Waals surface area contributed by atoms with E-state index in [1.165, 1.54) is 5.56 Å². The van der Waals surface area contributed by atoms with Gasteiger partial charge in [0.05, 0.1) is 0 Å². The Labute approximate surface area is 113 Å². The summed E-state index contributed by atoms with van der Waals surface area (Å²) in [6.07, 6.45) is 2.55. The van der Waals surface area contributed by atoms with E-state index in [2.05, 4.69) is 11.4 Å². The molecule has 98 valence electrons. The summed E-state index contributed by atoms with van der Waals surface area (Å²) in [6, 6.07) is 8.64. The van der Waals surface area contributed by atoms with Gasteiger partial charge in [0.1, 0.15) is 0 Å². The van der Waals surface area contributed by atoms with E-state index < -0.39 is 0 Å². The third-order valence-corrected chi connectivity index (χ3v) is 3.85. The van der Waals surface area contributed by atoms with Crippen molar-refractivity contribution in [3.05, 3.63) is 34.9 Å². The molecule has 1 saturated carbocycles. The molecule has 1 fully saturated rings. The number of primary amides is 1. The Kier molecular flexibility index (Phi) is 4.25. The quantitative estimate of drug-likeness (QED) is 0.860. The van der Waals surface area contributed by atoms with Gasteiger partial charge in [-0.05, 0) is 37.3 Å². The van der Waals surface area contributed by atoms with Crippen molar-refractivity contribution < 1.29 is 4.79 Å². The second kappa shape index (κ2) is 5.72. The van der Waals surface area contributed by atoms with Crippen molar-refractivity contribution in [1.82, 2.24) is 5.32 Å². The van der Waals surface area contributed by atoms with Crippen LogP contribution in [0.4, 0.5) is 0 Å². The van der Waals surface area contributed by atoms with E-state index in [9.17, 15) is 4.79 Å². The van der Waals surface area contributed by atoms with Crippen molar-refractivity contribution in [2.24, 2.45) is 5.73 Å². The van der Waals surface area contributed by atoms with Crippen LogP contribution in [0.2, 0.25) is 5.02 Å². The normalized spacial score (nSPS) is 24.3. The number of rotatable bonds is 5. The fourth-order valence-corrected chi connectivity index (χ4v) is 2.87. The predicted octanol–water partition coefficient (Wildman–Crippen LogP) is 2.44. The predicted molar refractivity (Wildman–Crippen MR) is 73.6 cm³/mol. The van der Waals surface area contributed by atoms with Crippen molar-refractivity contribution in [2.45, 2.75) is 44.2 Å². The Morgan fingerprint density at radius 1 is 1.50 bits per heavy atom. The number of hydrogen-bond acceptors (Lipinski definition) is 2. The number of nitrogens with one attached hydrogen (secondary N) is 1. The van der Waals surface area contributed by atoms with Crippen molar-refractivity contribution in [3.8, 4) is 0 Å². The lowest BCUT2D eigenvalue weighted by Crippen LogP contribution is -2.45. The maximum Gasteiger partial charge on any atom is 0.218 e. The van der Waals surface area contributed by atoms with Crippen LogP contribution in [0.25, 0.3) is 0 Å². The molecule has 1 aromatic rings. The third kappa shape index (κ3) is 3.24. The van der Waals surface area contributed by atoms with Crippen molar-refractivity contribution in [3.63, 3.8) is 0 Å². The molecule has 3 nitrogen and oxygen atoms in total. The Morgan fingerprint density at radius 3 is 2.78 bits per heavy atom. The highest BCUT2D eigenvalue weighted by atomic mass is 35.5. The van der Waals surface area contributed by atoms with Gasteiger partial charge in [-0.15, -0.1) is 0 Å². The molecule has 0 spiro atoms. The lowest BCUT2D eigenvalue weighted by molar-refractivity contribution is -0.118. The van der Waals surface area contributed by atoms with E-state index >= 15 is 0 Å². The van der Waals surface area contributed by atoms with E-state index in [-0.39, 0.29) is 11.9 Å². The molecule has 2 rings (SSSR count). The van der Waals surface area contributed by atoms with Crippen LogP contribution in [-0.4, -0.2) is 18.0 Å². The molecule has 18 heavy (non-hydrogen) atoms.